The summed E-state index contributed by atoms with van der Waals surface area (Å²) in [4.78, 5) is 0. The van der Waals surface area contributed by atoms with Crippen molar-refractivity contribution in [2.24, 2.45) is 0 Å². The molecule has 0 aliphatic rings. The van der Waals surface area contributed by atoms with Crippen molar-refractivity contribution < 1.29 is 13.5 Å². The van der Waals surface area contributed by atoms with E-state index in [9.17, 15) is 8.78 Å². The maximum absolute atomic E-state index is 12.2. The number of halogens is 3. The van der Waals surface area contributed by atoms with Crippen molar-refractivity contribution in [2.75, 3.05) is 0 Å². The van der Waals surface area contributed by atoms with E-state index in [1.54, 1.807) is 0 Å². The highest BCUT2D eigenvalue weighted by molar-refractivity contribution is 9.10. The first kappa shape index (κ1) is 12.6. The van der Waals surface area contributed by atoms with Crippen molar-refractivity contribution in [1.29, 1.82) is 0 Å². The van der Waals surface area contributed by atoms with E-state index in [1.807, 2.05) is 13.8 Å². The Balaban J connectivity index is 2.70. The lowest BCUT2D eigenvalue weighted by Gasteiger charge is -2.10. The smallest absolute Gasteiger partial charge is 0.257 e. The van der Waals surface area contributed by atoms with Gasteiger partial charge < -0.3 is 4.74 Å². The number of rotatable bonds is 5. The normalized spacial score (nSPS) is 11.7. The van der Waals surface area contributed by atoms with Crippen molar-refractivity contribution in [1.82, 2.24) is 9.78 Å². The SMILES string of the molecule is CC(C)OCc1c(Br)cnn1CC(F)F. The van der Waals surface area contributed by atoms with Gasteiger partial charge in [0.15, 0.2) is 0 Å². The van der Waals surface area contributed by atoms with Crippen LogP contribution >= 0.6 is 15.9 Å². The molecule has 0 N–H and O–H groups in total. The van der Waals surface area contributed by atoms with Gasteiger partial charge in [0.05, 0.1) is 29.1 Å². The lowest BCUT2D eigenvalue weighted by atomic mass is 10.4. The standard InChI is InChI=1S/C9H13BrF2N2O/c1-6(2)15-5-8-7(10)3-13-14(8)4-9(11)12/h3,6,9H,4-5H2,1-2H3. The molecule has 86 valence electrons. The molecule has 0 saturated carbocycles. The van der Waals surface area contributed by atoms with Crippen molar-refractivity contribution in [3.8, 4) is 0 Å². The van der Waals surface area contributed by atoms with E-state index in [2.05, 4.69) is 21.0 Å². The van der Waals surface area contributed by atoms with Gasteiger partial charge in [-0.25, -0.2) is 8.78 Å². The molecule has 3 nitrogen and oxygen atoms in total. The molecule has 0 fully saturated rings. The molecular weight excluding hydrogens is 270 g/mol. The van der Waals surface area contributed by atoms with Gasteiger partial charge in [0.1, 0.15) is 6.54 Å². The third kappa shape index (κ3) is 3.87. The molecule has 0 aliphatic heterocycles. The zero-order valence-corrected chi connectivity index (χ0v) is 10.2. The first-order chi connectivity index (χ1) is 7.00. The third-order valence-corrected chi connectivity index (χ3v) is 2.42. The molecule has 0 radical (unpaired) electrons. The first-order valence-corrected chi connectivity index (χ1v) is 5.40. The number of nitrogens with zero attached hydrogens (tertiary/aromatic N) is 2. The van der Waals surface area contributed by atoms with Gasteiger partial charge in [-0.2, -0.15) is 5.10 Å². The molecule has 0 unspecified atom stereocenters. The molecule has 0 aromatic carbocycles. The minimum atomic E-state index is -2.41. The topological polar surface area (TPSA) is 27.1 Å². The van der Waals surface area contributed by atoms with Crippen LogP contribution in [0.1, 0.15) is 19.5 Å². The fourth-order valence-electron chi connectivity index (χ4n) is 1.06. The summed E-state index contributed by atoms with van der Waals surface area (Å²) in [6, 6.07) is 0. The Bertz CT molecular complexity index is 315. The Morgan fingerprint density at radius 3 is 2.73 bits per heavy atom. The second-order valence-corrected chi connectivity index (χ2v) is 4.23. The molecule has 1 heterocycles. The van der Waals surface area contributed by atoms with E-state index in [0.29, 0.717) is 10.2 Å². The average Bonchev–Trinajstić information content (AvgIpc) is 2.43. The third-order valence-electron chi connectivity index (χ3n) is 1.76. The maximum atomic E-state index is 12.2. The summed E-state index contributed by atoms with van der Waals surface area (Å²) in [5.41, 5.74) is 0.643. The van der Waals surface area contributed by atoms with Crippen LogP contribution in [0.2, 0.25) is 0 Å². The van der Waals surface area contributed by atoms with Gasteiger partial charge in [-0.05, 0) is 29.8 Å². The van der Waals surface area contributed by atoms with Crippen molar-refractivity contribution >= 4 is 15.9 Å². The molecule has 0 saturated heterocycles. The molecule has 0 bridgehead atoms. The Labute approximate surface area is 95.5 Å². The molecule has 0 amide bonds. The van der Waals surface area contributed by atoms with Gasteiger partial charge in [-0.15, -0.1) is 0 Å². The van der Waals surface area contributed by atoms with Crippen molar-refractivity contribution in [2.45, 2.75) is 39.5 Å². The quantitative estimate of drug-likeness (QED) is 0.830. The fourth-order valence-corrected chi connectivity index (χ4v) is 1.48. The van der Waals surface area contributed by atoms with E-state index >= 15 is 0 Å². The van der Waals surface area contributed by atoms with Crippen LogP contribution in [0.3, 0.4) is 0 Å². The van der Waals surface area contributed by atoms with Crippen molar-refractivity contribution in [3.63, 3.8) is 0 Å². The minimum Gasteiger partial charge on any atom is -0.372 e. The van der Waals surface area contributed by atoms with Crippen LogP contribution in [-0.4, -0.2) is 22.3 Å². The van der Waals surface area contributed by atoms with Gasteiger partial charge in [0.2, 0.25) is 0 Å². The Morgan fingerprint density at radius 2 is 2.20 bits per heavy atom. The van der Waals surface area contributed by atoms with Crippen molar-refractivity contribution in [3.05, 3.63) is 16.4 Å². The van der Waals surface area contributed by atoms with Crippen LogP contribution in [0.4, 0.5) is 8.78 Å². The summed E-state index contributed by atoms with van der Waals surface area (Å²) < 4.78 is 31.7. The molecule has 0 aliphatic carbocycles. The van der Waals surface area contributed by atoms with Gasteiger partial charge in [-0.1, -0.05) is 0 Å². The van der Waals surface area contributed by atoms with Gasteiger partial charge in [-0.3, -0.25) is 4.68 Å². The van der Waals surface area contributed by atoms with Crippen LogP contribution in [-0.2, 0) is 17.9 Å². The molecule has 6 heteroatoms. The van der Waals surface area contributed by atoms with Crippen LogP contribution < -0.4 is 0 Å². The van der Waals surface area contributed by atoms with Gasteiger partial charge >= 0.3 is 0 Å². The van der Waals surface area contributed by atoms with Gasteiger partial charge in [0, 0.05) is 0 Å². The van der Waals surface area contributed by atoms with E-state index in [-0.39, 0.29) is 12.7 Å². The van der Waals surface area contributed by atoms with Crippen LogP contribution in [0.5, 0.6) is 0 Å². The lowest BCUT2D eigenvalue weighted by Crippen LogP contribution is -2.13. The molecule has 1 aromatic rings. The minimum absolute atomic E-state index is 0.0619. The Hall–Kier alpha value is -0.490. The average molecular weight is 283 g/mol. The van der Waals surface area contributed by atoms with E-state index < -0.39 is 13.0 Å². The summed E-state index contributed by atoms with van der Waals surface area (Å²) in [5, 5.41) is 3.84. The number of hydrogen-bond donors (Lipinski definition) is 0. The number of hydrogen-bond acceptors (Lipinski definition) is 2. The van der Waals surface area contributed by atoms with Crippen LogP contribution in [0, 0.1) is 0 Å². The second-order valence-electron chi connectivity index (χ2n) is 3.37. The summed E-state index contributed by atoms with van der Waals surface area (Å²) in [7, 11) is 0. The number of alkyl halides is 2. The zero-order chi connectivity index (χ0) is 11.4. The molecule has 1 aromatic heterocycles. The Morgan fingerprint density at radius 1 is 1.53 bits per heavy atom. The molecule has 0 atom stereocenters. The van der Waals surface area contributed by atoms with E-state index in [0.717, 1.165) is 0 Å². The molecule has 0 spiro atoms. The summed E-state index contributed by atoms with van der Waals surface area (Å²) in [5.74, 6) is 0. The first-order valence-electron chi connectivity index (χ1n) is 4.60. The molecule has 15 heavy (non-hydrogen) atoms. The zero-order valence-electron chi connectivity index (χ0n) is 8.58. The fraction of sp³-hybridized carbons (Fsp3) is 0.667. The second kappa shape index (κ2) is 5.55. The largest absolute Gasteiger partial charge is 0.372 e. The number of ether oxygens (including phenoxy) is 1. The maximum Gasteiger partial charge on any atom is 0.257 e. The monoisotopic (exact) mass is 282 g/mol. The highest BCUT2D eigenvalue weighted by Crippen LogP contribution is 2.18. The highest BCUT2D eigenvalue weighted by Gasteiger charge is 2.13. The predicted octanol–water partition coefficient (Wildman–Crippen LogP) is 2.84. The summed E-state index contributed by atoms with van der Waals surface area (Å²) in [6.07, 6.45) is -0.845. The van der Waals surface area contributed by atoms with E-state index in [4.69, 9.17) is 4.74 Å². The predicted molar refractivity (Wildman–Crippen MR) is 55.9 cm³/mol. The Kier molecular flexibility index (Phi) is 4.66. The lowest BCUT2D eigenvalue weighted by molar-refractivity contribution is 0.0570. The van der Waals surface area contributed by atoms with Gasteiger partial charge in [0.25, 0.3) is 6.43 Å². The summed E-state index contributed by atoms with van der Waals surface area (Å²) >= 11 is 3.25. The number of aromatic nitrogens is 2. The summed E-state index contributed by atoms with van der Waals surface area (Å²) in [6.45, 7) is 3.66. The van der Waals surface area contributed by atoms with E-state index in [1.165, 1.54) is 10.9 Å². The van der Waals surface area contributed by atoms with Crippen LogP contribution in [0.15, 0.2) is 10.7 Å². The molecule has 1 rings (SSSR count). The highest BCUT2D eigenvalue weighted by atomic mass is 79.9. The van der Waals surface area contributed by atoms with Crippen LogP contribution in [0.25, 0.3) is 0 Å². The molecular formula is C9H13BrF2N2O.